The van der Waals surface area contributed by atoms with Crippen LogP contribution in [-0.4, -0.2) is 29.6 Å². The minimum Gasteiger partial charge on any atom is -0.375 e. The molecule has 0 spiro atoms. The number of fused-ring (bicyclic) bond motifs is 1. The van der Waals surface area contributed by atoms with Crippen molar-refractivity contribution in [1.82, 2.24) is 9.97 Å². The summed E-state index contributed by atoms with van der Waals surface area (Å²) in [6.45, 7) is 3.77. The molecule has 1 aromatic heterocycles. The number of aromatic amines is 1. The molecule has 5 heteroatoms. The van der Waals surface area contributed by atoms with E-state index in [4.69, 9.17) is 4.74 Å². The number of nitrogens with one attached hydrogen (secondary N) is 1. The van der Waals surface area contributed by atoms with Crippen LogP contribution in [0.3, 0.4) is 0 Å². The molecule has 1 N–H and O–H groups in total. The Hall–Kier alpha value is -1.49. The van der Waals surface area contributed by atoms with Gasteiger partial charge in [0.1, 0.15) is 12.4 Å². The van der Waals surface area contributed by atoms with Crippen LogP contribution in [-0.2, 0) is 11.2 Å². The predicted molar refractivity (Wildman–Crippen MR) is 66.1 cm³/mol. The smallest absolute Gasteiger partial charge is 0.261 e. The van der Waals surface area contributed by atoms with Crippen LogP contribution in [0.5, 0.6) is 0 Å². The maximum atomic E-state index is 11.9. The van der Waals surface area contributed by atoms with E-state index in [-0.39, 0.29) is 6.61 Å². The number of hydrogen-bond donors (Lipinski definition) is 1. The first-order valence-corrected chi connectivity index (χ1v) is 5.88. The molecule has 3 nitrogen and oxygen atoms in total. The Bertz CT molecular complexity index is 537. The van der Waals surface area contributed by atoms with Crippen molar-refractivity contribution >= 4 is 11.0 Å². The third-order valence-corrected chi connectivity index (χ3v) is 2.70. The standard InChI is InChI=1S/C13H16F2N2O/c1-8-5-9(2)13-10(6-8)16-12(17-13)3-4-18-7-11(14)15/h5-6,11H,3-4,7H2,1-2H3,(H,16,17). The van der Waals surface area contributed by atoms with Gasteiger partial charge in [-0.05, 0) is 31.0 Å². The number of halogens is 2. The second-order valence-electron chi connectivity index (χ2n) is 4.38. The first-order valence-electron chi connectivity index (χ1n) is 5.88. The summed E-state index contributed by atoms with van der Waals surface area (Å²) in [5, 5.41) is 0. The van der Waals surface area contributed by atoms with Crippen molar-refractivity contribution in [2.45, 2.75) is 26.7 Å². The molecule has 0 radical (unpaired) electrons. The lowest BCUT2D eigenvalue weighted by molar-refractivity contribution is 0.0183. The van der Waals surface area contributed by atoms with Crippen LogP contribution in [0.4, 0.5) is 8.78 Å². The largest absolute Gasteiger partial charge is 0.375 e. The van der Waals surface area contributed by atoms with E-state index in [0.29, 0.717) is 6.42 Å². The zero-order chi connectivity index (χ0) is 13.1. The summed E-state index contributed by atoms with van der Waals surface area (Å²) in [4.78, 5) is 7.63. The Kier molecular flexibility index (Phi) is 3.91. The van der Waals surface area contributed by atoms with Gasteiger partial charge in [0, 0.05) is 6.42 Å². The molecule has 1 aromatic carbocycles. The topological polar surface area (TPSA) is 37.9 Å². The number of alkyl halides is 2. The molecule has 0 saturated carbocycles. The fourth-order valence-electron chi connectivity index (χ4n) is 1.98. The average molecular weight is 254 g/mol. The van der Waals surface area contributed by atoms with Gasteiger partial charge >= 0.3 is 0 Å². The van der Waals surface area contributed by atoms with Crippen LogP contribution < -0.4 is 0 Å². The third kappa shape index (κ3) is 3.04. The lowest BCUT2D eigenvalue weighted by Crippen LogP contribution is -2.07. The monoisotopic (exact) mass is 254 g/mol. The number of H-pyrrole nitrogens is 1. The molecule has 0 atom stereocenters. The molecule has 1 heterocycles. The number of hydrogen-bond acceptors (Lipinski definition) is 2. The van der Waals surface area contributed by atoms with E-state index >= 15 is 0 Å². The van der Waals surface area contributed by atoms with Crippen LogP contribution in [0, 0.1) is 13.8 Å². The van der Waals surface area contributed by atoms with Crippen LogP contribution in [0.1, 0.15) is 17.0 Å². The molecular weight excluding hydrogens is 238 g/mol. The number of aryl methyl sites for hydroxylation is 2. The summed E-state index contributed by atoms with van der Waals surface area (Å²) < 4.78 is 28.6. The summed E-state index contributed by atoms with van der Waals surface area (Å²) in [6.07, 6.45) is -1.90. The van der Waals surface area contributed by atoms with Gasteiger partial charge < -0.3 is 9.72 Å². The van der Waals surface area contributed by atoms with E-state index in [1.165, 1.54) is 5.56 Å². The van der Waals surface area contributed by atoms with E-state index in [2.05, 4.69) is 16.0 Å². The molecule has 0 aliphatic rings. The quantitative estimate of drug-likeness (QED) is 0.833. The molecule has 0 saturated heterocycles. The molecule has 0 unspecified atom stereocenters. The van der Waals surface area contributed by atoms with Gasteiger partial charge in [0.15, 0.2) is 0 Å². The second kappa shape index (κ2) is 5.44. The molecule has 2 rings (SSSR count). The predicted octanol–water partition coefficient (Wildman–Crippen LogP) is 3.00. The fraction of sp³-hybridized carbons (Fsp3) is 0.462. The number of aromatic nitrogens is 2. The molecule has 0 aliphatic carbocycles. The lowest BCUT2D eigenvalue weighted by Gasteiger charge is -2.00. The SMILES string of the molecule is Cc1cc(C)c2nc(CCOCC(F)F)[nH]c2c1. The molecule has 98 valence electrons. The van der Waals surface area contributed by atoms with Gasteiger partial charge in [0.05, 0.1) is 17.6 Å². The van der Waals surface area contributed by atoms with Gasteiger partial charge in [0.2, 0.25) is 0 Å². The normalized spacial score (nSPS) is 11.6. The van der Waals surface area contributed by atoms with Crippen molar-refractivity contribution in [3.8, 4) is 0 Å². The van der Waals surface area contributed by atoms with Crippen molar-refractivity contribution in [3.63, 3.8) is 0 Å². The van der Waals surface area contributed by atoms with Crippen LogP contribution in [0.25, 0.3) is 11.0 Å². The Morgan fingerprint density at radius 2 is 2.11 bits per heavy atom. The zero-order valence-electron chi connectivity index (χ0n) is 10.5. The maximum absolute atomic E-state index is 11.9. The highest BCUT2D eigenvalue weighted by Gasteiger charge is 2.07. The number of imidazole rings is 1. The lowest BCUT2D eigenvalue weighted by atomic mass is 10.1. The second-order valence-corrected chi connectivity index (χ2v) is 4.38. The first-order chi connectivity index (χ1) is 8.56. The van der Waals surface area contributed by atoms with E-state index in [1.807, 2.05) is 19.9 Å². The van der Waals surface area contributed by atoms with E-state index in [1.54, 1.807) is 0 Å². The molecule has 0 bridgehead atoms. The van der Waals surface area contributed by atoms with Crippen molar-refractivity contribution in [2.75, 3.05) is 13.2 Å². The molecule has 0 amide bonds. The molecular formula is C13H16F2N2O. The van der Waals surface area contributed by atoms with Crippen LogP contribution in [0.2, 0.25) is 0 Å². The zero-order valence-corrected chi connectivity index (χ0v) is 10.5. The van der Waals surface area contributed by atoms with Crippen molar-refractivity contribution < 1.29 is 13.5 Å². The van der Waals surface area contributed by atoms with Gasteiger partial charge in [0.25, 0.3) is 6.43 Å². The maximum Gasteiger partial charge on any atom is 0.261 e. The minimum absolute atomic E-state index is 0.252. The minimum atomic E-state index is -2.41. The van der Waals surface area contributed by atoms with Gasteiger partial charge in [-0.1, -0.05) is 6.07 Å². The summed E-state index contributed by atoms with van der Waals surface area (Å²) in [5.74, 6) is 0.771. The highest BCUT2D eigenvalue weighted by Crippen LogP contribution is 2.18. The van der Waals surface area contributed by atoms with E-state index in [0.717, 1.165) is 22.4 Å². The highest BCUT2D eigenvalue weighted by atomic mass is 19.3. The van der Waals surface area contributed by atoms with Gasteiger partial charge in [-0.3, -0.25) is 0 Å². The van der Waals surface area contributed by atoms with Gasteiger partial charge in [-0.2, -0.15) is 0 Å². The average Bonchev–Trinajstić information content (AvgIpc) is 2.67. The fourth-order valence-corrected chi connectivity index (χ4v) is 1.98. The van der Waals surface area contributed by atoms with E-state index in [9.17, 15) is 8.78 Å². The van der Waals surface area contributed by atoms with Gasteiger partial charge in [-0.15, -0.1) is 0 Å². The van der Waals surface area contributed by atoms with Crippen molar-refractivity contribution in [2.24, 2.45) is 0 Å². The summed E-state index contributed by atoms with van der Waals surface area (Å²) >= 11 is 0. The third-order valence-electron chi connectivity index (χ3n) is 2.70. The summed E-state index contributed by atoms with van der Waals surface area (Å²) in [5.41, 5.74) is 4.20. The first kappa shape index (κ1) is 13.0. The molecule has 0 aliphatic heterocycles. The van der Waals surface area contributed by atoms with Crippen LogP contribution >= 0.6 is 0 Å². The highest BCUT2D eigenvalue weighted by molar-refractivity contribution is 5.79. The number of nitrogens with zero attached hydrogens (tertiary/aromatic N) is 1. The molecule has 18 heavy (non-hydrogen) atoms. The number of benzene rings is 1. The van der Waals surface area contributed by atoms with E-state index < -0.39 is 13.0 Å². The summed E-state index contributed by atoms with van der Waals surface area (Å²) in [6, 6.07) is 4.10. The Morgan fingerprint density at radius 3 is 2.83 bits per heavy atom. The Balaban J connectivity index is 2.04. The molecule has 2 aromatic rings. The van der Waals surface area contributed by atoms with Gasteiger partial charge in [-0.25, -0.2) is 13.8 Å². The van der Waals surface area contributed by atoms with Crippen LogP contribution in [0.15, 0.2) is 12.1 Å². The van der Waals surface area contributed by atoms with Crippen molar-refractivity contribution in [3.05, 3.63) is 29.1 Å². The molecule has 0 fully saturated rings. The number of ether oxygens (including phenoxy) is 1. The number of rotatable bonds is 5. The Labute approximate surface area is 104 Å². The van der Waals surface area contributed by atoms with Crippen molar-refractivity contribution in [1.29, 1.82) is 0 Å². The Morgan fingerprint density at radius 1 is 1.33 bits per heavy atom. The summed E-state index contributed by atoms with van der Waals surface area (Å²) in [7, 11) is 0.